The lowest BCUT2D eigenvalue weighted by atomic mass is 10.3. The molecule has 1 N–H and O–H groups in total. The molecule has 0 saturated carbocycles. The summed E-state index contributed by atoms with van der Waals surface area (Å²) in [6, 6.07) is 0. The van der Waals surface area contributed by atoms with Crippen molar-refractivity contribution in [2.75, 3.05) is 13.2 Å². The van der Waals surface area contributed by atoms with Crippen LogP contribution >= 0.6 is 0 Å². The molecule has 92 valence electrons. The molecule has 1 rings (SSSR count). The largest absolute Gasteiger partial charge is 0.464 e. The molecule has 0 spiro atoms. The van der Waals surface area contributed by atoms with Crippen LogP contribution in [0.25, 0.3) is 0 Å². The van der Waals surface area contributed by atoms with Gasteiger partial charge in [0.05, 0.1) is 6.61 Å². The number of nitrogens with zero attached hydrogens (tertiary/aromatic N) is 2. The average Bonchev–Trinajstić information content (AvgIpc) is 2.41. The highest BCUT2D eigenvalue weighted by Gasteiger charge is 2.48. The van der Waals surface area contributed by atoms with Gasteiger partial charge in [-0.25, -0.2) is 0 Å². The van der Waals surface area contributed by atoms with E-state index in [9.17, 15) is 4.79 Å². The summed E-state index contributed by atoms with van der Waals surface area (Å²) in [5, 5.41) is 16.1. The Labute approximate surface area is 93.4 Å². The topological polar surface area (TPSA) is 89.7 Å². The van der Waals surface area contributed by atoms with E-state index in [0.29, 0.717) is 6.42 Å². The van der Waals surface area contributed by atoms with Crippen molar-refractivity contribution in [2.24, 2.45) is 10.2 Å². The van der Waals surface area contributed by atoms with Gasteiger partial charge >= 0.3 is 12.1 Å². The third kappa shape index (κ3) is 3.51. The number of ether oxygens (including phenoxy) is 3. The highest BCUT2D eigenvalue weighted by atomic mass is 16.9. The van der Waals surface area contributed by atoms with Gasteiger partial charge < -0.3 is 9.84 Å². The normalized spacial score (nSPS) is 27.0. The number of carbonyl (C=O) groups is 1. The Hall–Kier alpha value is -1.05. The quantitative estimate of drug-likeness (QED) is 0.429. The van der Waals surface area contributed by atoms with Crippen LogP contribution in [0.15, 0.2) is 10.2 Å². The third-order valence-corrected chi connectivity index (χ3v) is 1.65. The van der Waals surface area contributed by atoms with E-state index in [1.54, 1.807) is 13.8 Å². The van der Waals surface area contributed by atoms with Gasteiger partial charge in [-0.3, -0.25) is 14.3 Å². The van der Waals surface area contributed by atoms with Crippen molar-refractivity contribution in [2.45, 2.75) is 39.0 Å². The predicted octanol–water partition coefficient (Wildman–Crippen LogP) is 0.778. The van der Waals surface area contributed by atoms with Crippen molar-refractivity contribution in [3.8, 4) is 0 Å². The summed E-state index contributed by atoms with van der Waals surface area (Å²) in [5.41, 5.74) is -0.894. The third-order valence-electron chi connectivity index (χ3n) is 1.65. The van der Waals surface area contributed by atoms with Crippen LogP contribution in [0.5, 0.6) is 0 Å². The molecule has 0 amide bonds. The Morgan fingerprint density at radius 3 is 2.56 bits per heavy atom. The Balaban J connectivity index is 2.64. The van der Waals surface area contributed by atoms with Crippen LogP contribution in [0.3, 0.4) is 0 Å². The van der Waals surface area contributed by atoms with Crippen molar-refractivity contribution < 1.29 is 24.1 Å². The molecular weight excluding hydrogens is 216 g/mol. The molecule has 1 unspecified atom stereocenters. The standard InChI is InChI=1S/C9H16N2O5/c1-7(13)15-9(14-6-4-5-12)11-10-8(2,3)16-9/h12H,4-6H2,1-3H3. The second-order valence-electron chi connectivity index (χ2n) is 3.79. The van der Waals surface area contributed by atoms with Gasteiger partial charge in [0.2, 0.25) is 0 Å². The van der Waals surface area contributed by atoms with Crippen molar-refractivity contribution in [1.29, 1.82) is 0 Å². The smallest absolute Gasteiger partial charge is 0.396 e. The maximum absolute atomic E-state index is 10.9. The van der Waals surface area contributed by atoms with Crippen LogP contribution in [-0.2, 0) is 19.0 Å². The molecular formula is C9H16N2O5. The van der Waals surface area contributed by atoms with E-state index in [-0.39, 0.29) is 13.2 Å². The highest BCUT2D eigenvalue weighted by Crippen LogP contribution is 2.33. The molecule has 7 heteroatoms. The molecule has 1 atom stereocenters. The number of rotatable bonds is 5. The zero-order valence-electron chi connectivity index (χ0n) is 9.60. The fraction of sp³-hybridized carbons (Fsp3) is 0.889. The first-order valence-electron chi connectivity index (χ1n) is 4.98. The van der Waals surface area contributed by atoms with Gasteiger partial charge in [0, 0.05) is 13.5 Å². The number of azo groups is 1. The van der Waals surface area contributed by atoms with Crippen LogP contribution < -0.4 is 0 Å². The SMILES string of the molecule is CC(=O)OC1(OCCCO)N=NC(C)(C)O1. The van der Waals surface area contributed by atoms with Gasteiger partial charge in [0.15, 0.2) is 5.72 Å². The second-order valence-corrected chi connectivity index (χ2v) is 3.79. The summed E-state index contributed by atoms with van der Waals surface area (Å²) < 4.78 is 15.4. The molecule has 16 heavy (non-hydrogen) atoms. The van der Waals surface area contributed by atoms with E-state index in [1.807, 2.05) is 0 Å². The van der Waals surface area contributed by atoms with Crippen LogP contribution in [0.2, 0.25) is 0 Å². The molecule has 0 fully saturated rings. The second kappa shape index (κ2) is 4.86. The van der Waals surface area contributed by atoms with E-state index < -0.39 is 17.8 Å². The number of esters is 1. The molecule has 1 aliphatic heterocycles. The molecule has 1 aliphatic rings. The molecule has 0 aromatic rings. The minimum absolute atomic E-state index is 0.0311. The summed E-state index contributed by atoms with van der Waals surface area (Å²) in [6.07, 6.45) is -1.41. The molecule has 0 aromatic carbocycles. The fourth-order valence-corrected chi connectivity index (χ4v) is 1.11. The van der Waals surface area contributed by atoms with Crippen molar-refractivity contribution in [3.05, 3.63) is 0 Å². The van der Waals surface area contributed by atoms with Gasteiger partial charge in [-0.05, 0) is 20.3 Å². The number of aliphatic hydroxyl groups excluding tert-OH is 1. The maximum Gasteiger partial charge on any atom is 0.464 e. The highest BCUT2D eigenvalue weighted by molar-refractivity contribution is 5.66. The zero-order valence-corrected chi connectivity index (χ0v) is 9.60. The molecule has 0 bridgehead atoms. The summed E-state index contributed by atoms with van der Waals surface area (Å²) in [6.45, 7) is 4.67. The predicted molar refractivity (Wildman–Crippen MR) is 52.2 cm³/mol. The molecule has 1 heterocycles. The lowest BCUT2D eigenvalue weighted by Gasteiger charge is -2.25. The van der Waals surface area contributed by atoms with Gasteiger partial charge in [-0.15, -0.1) is 0 Å². The Bertz CT molecular complexity index is 292. The van der Waals surface area contributed by atoms with Crippen molar-refractivity contribution >= 4 is 5.97 Å². The monoisotopic (exact) mass is 232 g/mol. The van der Waals surface area contributed by atoms with E-state index >= 15 is 0 Å². The molecule has 0 aromatic heterocycles. The lowest BCUT2D eigenvalue weighted by Crippen LogP contribution is -2.40. The van der Waals surface area contributed by atoms with E-state index in [1.165, 1.54) is 6.92 Å². The number of carbonyl (C=O) groups excluding carboxylic acids is 1. The van der Waals surface area contributed by atoms with Gasteiger partial charge in [0.25, 0.3) is 0 Å². The summed E-state index contributed by atoms with van der Waals surface area (Å²) in [7, 11) is 0. The van der Waals surface area contributed by atoms with E-state index in [2.05, 4.69) is 10.2 Å². The van der Waals surface area contributed by atoms with Crippen molar-refractivity contribution in [1.82, 2.24) is 0 Å². The minimum atomic E-state index is -1.80. The first-order valence-corrected chi connectivity index (χ1v) is 4.98. The van der Waals surface area contributed by atoms with Crippen molar-refractivity contribution in [3.63, 3.8) is 0 Å². The first kappa shape index (κ1) is 13.0. The molecule has 0 aliphatic carbocycles. The van der Waals surface area contributed by atoms with Crippen LogP contribution in [-0.4, -0.2) is 36.1 Å². The number of hydrogen-bond acceptors (Lipinski definition) is 7. The minimum Gasteiger partial charge on any atom is -0.396 e. The van der Waals surface area contributed by atoms with Crippen LogP contribution in [0.4, 0.5) is 0 Å². The van der Waals surface area contributed by atoms with Gasteiger partial charge in [-0.1, -0.05) is 5.11 Å². The lowest BCUT2D eigenvalue weighted by molar-refractivity contribution is -0.367. The zero-order chi connectivity index (χ0) is 12.2. The fourth-order valence-electron chi connectivity index (χ4n) is 1.11. The number of hydrogen-bond donors (Lipinski definition) is 1. The van der Waals surface area contributed by atoms with Crippen LogP contribution in [0, 0.1) is 0 Å². The average molecular weight is 232 g/mol. The Kier molecular flexibility index (Phi) is 3.95. The summed E-state index contributed by atoms with van der Waals surface area (Å²) in [5.74, 6) is -0.583. The molecule has 0 saturated heterocycles. The van der Waals surface area contributed by atoms with E-state index in [0.717, 1.165) is 0 Å². The van der Waals surface area contributed by atoms with E-state index in [4.69, 9.17) is 19.3 Å². The first-order chi connectivity index (χ1) is 7.39. The Morgan fingerprint density at radius 1 is 1.44 bits per heavy atom. The molecule has 7 nitrogen and oxygen atoms in total. The Morgan fingerprint density at radius 2 is 2.12 bits per heavy atom. The van der Waals surface area contributed by atoms with Crippen LogP contribution in [0.1, 0.15) is 27.2 Å². The number of aliphatic hydroxyl groups is 1. The summed E-state index contributed by atoms with van der Waals surface area (Å²) in [4.78, 5) is 10.9. The molecule has 0 radical (unpaired) electrons. The summed E-state index contributed by atoms with van der Waals surface area (Å²) >= 11 is 0. The van der Waals surface area contributed by atoms with Gasteiger partial charge in [0.1, 0.15) is 0 Å². The maximum atomic E-state index is 10.9. The van der Waals surface area contributed by atoms with Gasteiger partial charge in [-0.2, -0.15) is 5.11 Å².